The molecule has 0 aromatic heterocycles. The Kier molecular flexibility index (Phi) is 3.43. The van der Waals surface area contributed by atoms with Gasteiger partial charge in [-0.1, -0.05) is 19.1 Å². The first-order chi connectivity index (χ1) is 6.15. The van der Waals surface area contributed by atoms with Crippen LogP contribution in [-0.2, 0) is 0 Å². The third-order valence-corrected chi connectivity index (χ3v) is 2.60. The summed E-state index contributed by atoms with van der Waals surface area (Å²) in [6.07, 6.45) is 0. The first-order valence-corrected chi connectivity index (χ1v) is 4.58. The van der Waals surface area contributed by atoms with Crippen LogP contribution in [0, 0.1) is 5.82 Å². The molecule has 0 aliphatic rings. The molecule has 0 aliphatic carbocycles. The highest BCUT2D eigenvalue weighted by atomic mass is 19.1. The zero-order valence-electron chi connectivity index (χ0n) is 8.34. The number of halogens is 1. The minimum Gasteiger partial charge on any atom is -0.317 e. The van der Waals surface area contributed by atoms with E-state index in [1.165, 1.54) is 17.7 Å². The van der Waals surface area contributed by atoms with Crippen molar-refractivity contribution in [2.24, 2.45) is 0 Å². The van der Waals surface area contributed by atoms with E-state index in [1.807, 2.05) is 19.2 Å². The summed E-state index contributed by atoms with van der Waals surface area (Å²) >= 11 is 0. The number of benzene rings is 1. The third kappa shape index (κ3) is 2.52. The zero-order chi connectivity index (χ0) is 9.84. The highest BCUT2D eigenvalue weighted by molar-refractivity contribution is 5.21. The molecule has 1 N–H and O–H groups in total. The van der Waals surface area contributed by atoms with Crippen molar-refractivity contribution < 1.29 is 4.39 Å². The second kappa shape index (κ2) is 4.38. The molecule has 0 fully saturated rings. The van der Waals surface area contributed by atoms with Crippen LogP contribution in [0.3, 0.4) is 0 Å². The minimum absolute atomic E-state index is 0.173. The molecular weight excluding hydrogens is 165 g/mol. The molecule has 2 unspecified atom stereocenters. The average Bonchev–Trinajstić information content (AvgIpc) is 2.17. The molecule has 72 valence electrons. The number of likely N-dealkylation sites (N-methyl/N-ethyl adjacent to an activating group) is 1. The van der Waals surface area contributed by atoms with Gasteiger partial charge in [0.05, 0.1) is 0 Å². The van der Waals surface area contributed by atoms with Crippen molar-refractivity contribution in [3.63, 3.8) is 0 Å². The highest BCUT2D eigenvalue weighted by Gasteiger charge is 2.11. The summed E-state index contributed by atoms with van der Waals surface area (Å²) in [4.78, 5) is 0. The fourth-order valence-electron chi connectivity index (χ4n) is 1.31. The van der Waals surface area contributed by atoms with Crippen molar-refractivity contribution in [2.75, 3.05) is 7.05 Å². The van der Waals surface area contributed by atoms with E-state index in [4.69, 9.17) is 0 Å². The van der Waals surface area contributed by atoms with Gasteiger partial charge in [0.1, 0.15) is 5.82 Å². The molecule has 13 heavy (non-hydrogen) atoms. The molecule has 2 heteroatoms. The lowest BCUT2D eigenvalue weighted by molar-refractivity contribution is 0.523. The summed E-state index contributed by atoms with van der Waals surface area (Å²) < 4.78 is 12.6. The average molecular weight is 181 g/mol. The van der Waals surface area contributed by atoms with Crippen LogP contribution in [0.15, 0.2) is 24.3 Å². The van der Waals surface area contributed by atoms with Crippen LogP contribution in [0.5, 0.6) is 0 Å². The molecule has 2 atom stereocenters. The summed E-state index contributed by atoms with van der Waals surface area (Å²) in [5.74, 6) is 0.235. The Labute approximate surface area is 79.0 Å². The van der Waals surface area contributed by atoms with Crippen molar-refractivity contribution in [2.45, 2.75) is 25.8 Å². The lowest BCUT2D eigenvalue weighted by Crippen LogP contribution is -2.27. The summed E-state index contributed by atoms with van der Waals surface area (Å²) in [5.41, 5.74) is 1.17. The lowest BCUT2D eigenvalue weighted by atomic mass is 9.95. The normalized spacial score (nSPS) is 15.4. The smallest absolute Gasteiger partial charge is 0.123 e. The van der Waals surface area contributed by atoms with Gasteiger partial charge in [-0.05, 0) is 37.6 Å². The second-order valence-electron chi connectivity index (χ2n) is 3.42. The minimum atomic E-state index is -0.173. The Morgan fingerprint density at radius 2 is 1.69 bits per heavy atom. The van der Waals surface area contributed by atoms with Crippen molar-refractivity contribution in [3.05, 3.63) is 35.6 Å². The van der Waals surface area contributed by atoms with E-state index in [0.717, 1.165) is 0 Å². The standard InChI is InChI=1S/C11H16FN/c1-8(9(2)13-3)10-4-6-11(12)7-5-10/h4-9,13H,1-3H3. The monoisotopic (exact) mass is 181 g/mol. The first-order valence-electron chi connectivity index (χ1n) is 4.58. The van der Waals surface area contributed by atoms with E-state index < -0.39 is 0 Å². The SMILES string of the molecule is CNC(C)C(C)c1ccc(F)cc1. The van der Waals surface area contributed by atoms with Gasteiger partial charge in [0.15, 0.2) is 0 Å². The third-order valence-electron chi connectivity index (χ3n) is 2.60. The van der Waals surface area contributed by atoms with Gasteiger partial charge in [-0.2, -0.15) is 0 Å². The molecule has 0 aliphatic heterocycles. The van der Waals surface area contributed by atoms with Gasteiger partial charge in [0.2, 0.25) is 0 Å². The maximum atomic E-state index is 12.6. The summed E-state index contributed by atoms with van der Waals surface area (Å²) in [6.45, 7) is 4.25. The molecule has 0 saturated heterocycles. The van der Waals surface area contributed by atoms with Gasteiger partial charge < -0.3 is 5.32 Å². The van der Waals surface area contributed by atoms with E-state index in [2.05, 4.69) is 19.2 Å². The van der Waals surface area contributed by atoms with Gasteiger partial charge in [0.25, 0.3) is 0 Å². The largest absolute Gasteiger partial charge is 0.317 e. The molecule has 0 heterocycles. The molecule has 0 radical (unpaired) electrons. The summed E-state index contributed by atoms with van der Waals surface area (Å²) in [5, 5.41) is 3.18. The Balaban J connectivity index is 2.77. The van der Waals surface area contributed by atoms with Crippen LogP contribution in [-0.4, -0.2) is 13.1 Å². The predicted molar refractivity (Wildman–Crippen MR) is 53.3 cm³/mol. The molecule has 0 spiro atoms. The summed E-state index contributed by atoms with van der Waals surface area (Å²) in [6, 6.07) is 7.11. The van der Waals surface area contributed by atoms with Crippen molar-refractivity contribution >= 4 is 0 Å². The second-order valence-corrected chi connectivity index (χ2v) is 3.42. The van der Waals surface area contributed by atoms with Crippen LogP contribution < -0.4 is 5.32 Å². The molecule has 1 nitrogen and oxygen atoms in total. The topological polar surface area (TPSA) is 12.0 Å². The van der Waals surface area contributed by atoms with E-state index >= 15 is 0 Å². The maximum Gasteiger partial charge on any atom is 0.123 e. The number of nitrogens with one attached hydrogen (secondary N) is 1. The van der Waals surface area contributed by atoms with Gasteiger partial charge in [-0.25, -0.2) is 4.39 Å². The van der Waals surface area contributed by atoms with Gasteiger partial charge >= 0.3 is 0 Å². The van der Waals surface area contributed by atoms with Crippen LogP contribution in [0.25, 0.3) is 0 Å². The van der Waals surface area contributed by atoms with Crippen LogP contribution in [0.1, 0.15) is 25.3 Å². The predicted octanol–water partition coefficient (Wildman–Crippen LogP) is 2.54. The van der Waals surface area contributed by atoms with Crippen LogP contribution >= 0.6 is 0 Å². The van der Waals surface area contributed by atoms with Crippen molar-refractivity contribution in [1.82, 2.24) is 5.32 Å². The van der Waals surface area contributed by atoms with Crippen LogP contribution in [0.4, 0.5) is 4.39 Å². The zero-order valence-corrected chi connectivity index (χ0v) is 8.34. The first kappa shape index (κ1) is 10.2. The Bertz CT molecular complexity index is 255. The lowest BCUT2D eigenvalue weighted by Gasteiger charge is -2.19. The molecule has 0 bridgehead atoms. The fraction of sp³-hybridized carbons (Fsp3) is 0.455. The highest BCUT2D eigenvalue weighted by Crippen LogP contribution is 2.18. The molecule has 1 rings (SSSR count). The van der Waals surface area contributed by atoms with Gasteiger partial charge in [0, 0.05) is 6.04 Å². The molecular formula is C11H16FN. The van der Waals surface area contributed by atoms with E-state index in [9.17, 15) is 4.39 Å². The fourth-order valence-corrected chi connectivity index (χ4v) is 1.31. The Morgan fingerprint density at radius 3 is 2.15 bits per heavy atom. The Morgan fingerprint density at radius 1 is 1.15 bits per heavy atom. The molecule has 1 aromatic rings. The quantitative estimate of drug-likeness (QED) is 0.755. The van der Waals surface area contributed by atoms with Crippen molar-refractivity contribution in [3.8, 4) is 0 Å². The molecule has 0 amide bonds. The molecule has 0 saturated carbocycles. The van der Waals surface area contributed by atoms with E-state index in [1.54, 1.807) is 0 Å². The number of rotatable bonds is 3. The molecule has 1 aromatic carbocycles. The van der Waals surface area contributed by atoms with Gasteiger partial charge in [-0.3, -0.25) is 0 Å². The van der Waals surface area contributed by atoms with Crippen LogP contribution in [0.2, 0.25) is 0 Å². The summed E-state index contributed by atoms with van der Waals surface area (Å²) in [7, 11) is 1.94. The number of hydrogen-bond acceptors (Lipinski definition) is 1. The Hall–Kier alpha value is -0.890. The van der Waals surface area contributed by atoms with E-state index in [0.29, 0.717) is 12.0 Å². The van der Waals surface area contributed by atoms with Gasteiger partial charge in [-0.15, -0.1) is 0 Å². The maximum absolute atomic E-state index is 12.6. The van der Waals surface area contributed by atoms with E-state index in [-0.39, 0.29) is 5.82 Å². The number of hydrogen-bond donors (Lipinski definition) is 1. The van der Waals surface area contributed by atoms with Crippen molar-refractivity contribution in [1.29, 1.82) is 0 Å².